The highest BCUT2D eigenvalue weighted by Gasteiger charge is 2.23. The number of halogens is 1. The number of nitrogens with zero attached hydrogens (tertiary/aromatic N) is 3. The molecule has 0 aliphatic carbocycles. The Labute approximate surface area is 219 Å². The zero-order valence-electron chi connectivity index (χ0n) is 20.2. The van der Waals surface area contributed by atoms with Crippen LogP contribution < -0.4 is 15.0 Å². The fourth-order valence-corrected chi connectivity index (χ4v) is 4.40. The van der Waals surface area contributed by atoms with E-state index in [0.29, 0.717) is 55.6 Å². The Kier molecular flexibility index (Phi) is 7.30. The van der Waals surface area contributed by atoms with Gasteiger partial charge in [-0.25, -0.2) is 9.97 Å². The van der Waals surface area contributed by atoms with Crippen LogP contribution in [-0.2, 0) is 16.0 Å². The van der Waals surface area contributed by atoms with Crippen LogP contribution in [0.4, 0.5) is 11.5 Å². The van der Waals surface area contributed by atoms with E-state index in [0.717, 1.165) is 16.3 Å². The van der Waals surface area contributed by atoms with Crippen LogP contribution in [0.3, 0.4) is 0 Å². The topological polar surface area (TPSA) is 93.6 Å². The van der Waals surface area contributed by atoms with Gasteiger partial charge in [0.15, 0.2) is 11.0 Å². The summed E-state index contributed by atoms with van der Waals surface area (Å²) in [5, 5.41) is 5.13. The van der Waals surface area contributed by atoms with Crippen LogP contribution in [-0.4, -0.2) is 48.1 Å². The molecule has 1 aliphatic rings. The number of carbonyl (C=O) groups is 2. The zero-order valence-corrected chi connectivity index (χ0v) is 21.0. The molecule has 188 valence electrons. The van der Waals surface area contributed by atoms with Crippen molar-refractivity contribution in [1.82, 2.24) is 9.97 Å². The van der Waals surface area contributed by atoms with Crippen molar-refractivity contribution in [3.63, 3.8) is 0 Å². The van der Waals surface area contributed by atoms with Crippen molar-refractivity contribution in [2.45, 2.75) is 13.3 Å². The van der Waals surface area contributed by atoms with Crippen molar-refractivity contribution in [1.29, 1.82) is 0 Å². The van der Waals surface area contributed by atoms with E-state index in [9.17, 15) is 9.59 Å². The summed E-state index contributed by atoms with van der Waals surface area (Å²) in [6, 6.07) is 21.1. The minimum absolute atomic E-state index is 0.0842. The van der Waals surface area contributed by atoms with Gasteiger partial charge >= 0.3 is 5.97 Å². The summed E-state index contributed by atoms with van der Waals surface area (Å²) in [6.07, 6.45) is 0.413. The second-order valence-electron chi connectivity index (χ2n) is 8.67. The third-order valence-electron chi connectivity index (χ3n) is 5.99. The molecule has 0 spiro atoms. The van der Waals surface area contributed by atoms with Gasteiger partial charge in [-0.3, -0.25) is 9.59 Å². The molecule has 4 aromatic rings. The molecule has 1 amide bonds. The van der Waals surface area contributed by atoms with Crippen LogP contribution in [0.25, 0.3) is 10.8 Å². The average Bonchev–Trinajstić information content (AvgIpc) is 2.91. The molecule has 1 aliphatic heterocycles. The summed E-state index contributed by atoms with van der Waals surface area (Å²) >= 11 is 6.41. The number of rotatable bonds is 6. The molecule has 0 unspecified atom stereocenters. The monoisotopic (exact) mass is 516 g/mol. The maximum atomic E-state index is 12.8. The van der Waals surface area contributed by atoms with Crippen LogP contribution in [0.2, 0.25) is 5.15 Å². The van der Waals surface area contributed by atoms with E-state index >= 15 is 0 Å². The molecular formula is C28H25ClN4O4. The summed E-state index contributed by atoms with van der Waals surface area (Å²) in [4.78, 5) is 35.4. The largest absolute Gasteiger partial charge is 0.419 e. The maximum Gasteiger partial charge on any atom is 0.308 e. The van der Waals surface area contributed by atoms with Gasteiger partial charge in [-0.2, -0.15) is 0 Å². The first-order valence-corrected chi connectivity index (χ1v) is 12.3. The zero-order chi connectivity index (χ0) is 25.8. The number of hydrogen-bond acceptors (Lipinski definition) is 7. The van der Waals surface area contributed by atoms with E-state index in [1.807, 2.05) is 71.6 Å². The van der Waals surface area contributed by atoms with Gasteiger partial charge in [0, 0.05) is 37.7 Å². The van der Waals surface area contributed by atoms with E-state index in [1.165, 1.54) is 6.92 Å². The van der Waals surface area contributed by atoms with Gasteiger partial charge in [0.05, 0.1) is 13.2 Å². The molecule has 1 fully saturated rings. The third-order valence-corrected chi connectivity index (χ3v) is 6.25. The molecule has 0 saturated carbocycles. The lowest BCUT2D eigenvalue weighted by atomic mass is 10.1. The van der Waals surface area contributed by atoms with Crippen molar-refractivity contribution >= 4 is 45.8 Å². The summed E-state index contributed by atoms with van der Waals surface area (Å²) in [5.41, 5.74) is 2.21. The highest BCUT2D eigenvalue weighted by Crippen LogP contribution is 2.34. The van der Waals surface area contributed by atoms with E-state index in [4.69, 9.17) is 21.1 Å². The molecule has 0 bridgehead atoms. The van der Waals surface area contributed by atoms with Gasteiger partial charge in [-0.05, 0) is 40.6 Å². The van der Waals surface area contributed by atoms with E-state index in [2.05, 4.69) is 15.3 Å². The molecule has 9 heteroatoms. The highest BCUT2D eigenvalue weighted by atomic mass is 35.5. The summed E-state index contributed by atoms with van der Waals surface area (Å²) < 4.78 is 10.8. The van der Waals surface area contributed by atoms with Gasteiger partial charge in [-0.1, -0.05) is 54.1 Å². The number of anilines is 2. The second-order valence-corrected chi connectivity index (χ2v) is 9.02. The second kappa shape index (κ2) is 10.9. The fraction of sp³-hybridized carbons (Fsp3) is 0.214. The molecule has 1 saturated heterocycles. The van der Waals surface area contributed by atoms with Crippen molar-refractivity contribution in [3.05, 3.63) is 88.8 Å². The van der Waals surface area contributed by atoms with Crippen LogP contribution in [0, 0.1) is 0 Å². The number of morpholine rings is 1. The van der Waals surface area contributed by atoms with Crippen LogP contribution >= 0.6 is 11.6 Å². The van der Waals surface area contributed by atoms with E-state index in [1.54, 1.807) is 0 Å². The van der Waals surface area contributed by atoms with Crippen molar-refractivity contribution in [2.24, 2.45) is 0 Å². The first kappa shape index (κ1) is 24.7. The number of nitrogens with one attached hydrogen (secondary N) is 1. The van der Waals surface area contributed by atoms with Gasteiger partial charge in [-0.15, -0.1) is 0 Å². The fourth-order valence-electron chi connectivity index (χ4n) is 4.18. The number of benzene rings is 3. The lowest BCUT2D eigenvalue weighted by Crippen LogP contribution is -2.37. The summed E-state index contributed by atoms with van der Waals surface area (Å²) in [5.74, 6) is 0.466. The van der Waals surface area contributed by atoms with Crippen LogP contribution in [0.5, 0.6) is 5.75 Å². The molecule has 0 atom stereocenters. The minimum atomic E-state index is -0.492. The molecule has 3 aromatic carbocycles. The standard InChI is InChI=1S/C28H25ClN4O4/c1-18(34)37-25-26(29)31-24(32-27(25)33-12-14-36-15-13-33)16-19-6-10-23(11-7-19)30-28(35)22-9-8-20-4-2-3-5-21(20)17-22/h2-11,17H,12-16H2,1H3,(H,30,35). The minimum Gasteiger partial charge on any atom is -0.419 e. The number of ether oxygens (including phenoxy) is 2. The molecule has 37 heavy (non-hydrogen) atoms. The number of fused-ring (bicyclic) bond motifs is 1. The Bertz CT molecular complexity index is 1450. The predicted octanol–water partition coefficient (Wildman–Crippen LogP) is 4.89. The Hall–Kier alpha value is -4.01. The third kappa shape index (κ3) is 5.87. The smallest absolute Gasteiger partial charge is 0.308 e. The molecule has 8 nitrogen and oxygen atoms in total. The first-order valence-electron chi connectivity index (χ1n) is 11.9. The van der Waals surface area contributed by atoms with E-state index < -0.39 is 5.97 Å². The highest BCUT2D eigenvalue weighted by molar-refractivity contribution is 6.31. The Balaban J connectivity index is 1.31. The Morgan fingerprint density at radius 1 is 1.00 bits per heavy atom. The van der Waals surface area contributed by atoms with Crippen molar-refractivity contribution < 1.29 is 19.1 Å². The molecule has 5 rings (SSSR count). The Morgan fingerprint density at radius 2 is 1.73 bits per heavy atom. The average molecular weight is 517 g/mol. The summed E-state index contributed by atoms with van der Waals surface area (Å²) in [6.45, 7) is 3.61. The first-order chi connectivity index (χ1) is 18.0. The number of esters is 1. The predicted molar refractivity (Wildman–Crippen MR) is 143 cm³/mol. The molecular weight excluding hydrogens is 492 g/mol. The molecule has 1 aromatic heterocycles. The number of hydrogen-bond donors (Lipinski definition) is 1. The van der Waals surface area contributed by atoms with Gasteiger partial charge in [0.25, 0.3) is 5.91 Å². The molecule has 0 radical (unpaired) electrons. The lowest BCUT2D eigenvalue weighted by Gasteiger charge is -2.29. The van der Waals surface area contributed by atoms with Gasteiger partial charge in [0.1, 0.15) is 5.82 Å². The maximum absolute atomic E-state index is 12.8. The quantitative estimate of drug-likeness (QED) is 0.288. The SMILES string of the molecule is CC(=O)Oc1c(Cl)nc(Cc2ccc(NC(=O)c3ccc4ccccc4c3)cc2)nc1N1CCOCC1. The van der Waals surface area contributed by atoms with Crippen molar-refractivity contribution in [2.75, 3.05) is 36.5 Å². The number of carbonyl (C=O) groups excluding carboxylic acids is 2. The van der Waals surface area contributed by atoms with Gasteiger partial charge in [0.2, 0.25) is 5.75 Å². The summed E-state index contributed by atoms with van der Waals surface area (Å²) in [7, 11) is 0. The van der Waals surface area contributed by atoms with E-state index in [-0.39, 0.29) is 16.8 Å². The molecule has 1 N–H and O–H groups in total. The number of aromatic nitrogens is 2. The van der Waals surface area contributed by atoms with Crippen LogP contribution in [0.15, 0.2) is 66.7 Å². The van der Waals surface area contributed by atoms with Gasteiger partial charge < -0.3 is 19.7 Å². The van der Waals surface area contributed by atoms with Crippen molar-refractivity contribution in [3.8, 4) is 5.75 Å². The number of amides is 1. The Morgan fingerprint density at radius 3 is 2.46 bits per heavy atom. The molecule has 2 heterocycles. The normalized spacial score (nSPS) is 13.4. The van der Waals surface area contributed by atoms with Crippen LogP contribution in [0.1, 0.15) is 28.7 Å². The lowest BCUT2D eigenvalue weighted by molar-refractivity contribution is -0.131.